The molecule has 18 heteroatoms. The lowest BCUT2D eigenvalue weighted by Gasteiger charge is -2.39. The molecular weight excluding hydrogens is 776 g/mol. The molecule has 4 heterocycles. The number of benzene rings is 2. The minimum absolute atomic E-state index is 0.103. The van der Waals surface area contributed by atoms with E-state index in [2.05, 4.69) is 37.7 Å². The molecule has 4 amide bonds. The summed E-state index contributed by atoms with van der Waals surface area (Å²) in [6.07, 6.45) is -2.49. The minimum atomic E-state index is -4.84. The standard InChI is InChI=1S/C40H46F3N9O5S/c1-5-25-17-28(52-38(58)51(37(56)39(52,3)4)29-19-30(40(41,42)43)32(20-44)45-21-29)9-11-33(25)57-16-15-49-13-14-50(24(2)22-49)23-35(54)47-27-8-6-7-26(18-27)46-31-10-12-34(53)48-36(31)55/h6-9,11,17-19,21,24,31,38,46,58H,5,10,12-16,22-23H2,1-4H3,(H,47,54)(H,48,53,55)/t24-,31-,38+/m1/s1. The van der Waals surface area contributed by atoms with E-state index in [0.717, 1.165) is 35.8 Å². The molecule has 3 aromatic rings. The highest BCUT2D eigenvalue weighted by molar-refractivity contribution is 7.81. The molecule has 14 nitrogen and oxygen atoms in total. The summed E-state index contributed by atoms with van der Waals surface area (Å²) >= 11 is 4.69. The Bertz CT molecular complexity index is 2110. The number of thiol groups is 1. The molecule has 308 valence electrons. The Kier molecular flexibility index (Phi) is 12.5. The van der Waals surface area contributed by atoms with Crippen LogP contribution < -0.4 is 30.5 Å². The van der Waals surface area contributed by atoms with Gasteiger partial charge >= 0.3 is 6.18 Å². The maximum absolute atomic E-state index is 13.7. The van der Waals surface area contributed by atoms with E-state index in [1.54, 1.807) is 49.1 Å². The summed E-state index contributed by atoms with van der Waals surface area (Å²) in [6, 6.07) is 14.4. The lowest BCUT2D eigenvalue weighted by molar-refractivity contribution is -0.138. The average molecular weight is 822 g/mol. The van der Waals surface area contributed by atoms with Gasteiger partial charge in [0.2, 0.25) is 17.7 Å². The Morgan fingerprint density at radius 3 is 2.55 bits per heavy atom. The fraction of sp³-hybridized carbons (Fsp3) is 0.450. The normalized spacial score (nSPS) is 21.4. The van der Waals surface area contributed by atoms with Crippen molar-refractivity contribution in [1.29, 1.82) is 5.26 Å². The lowest BCUT2D eigenvalue weighted by atomic mass is 10.0. The average Bonchev–Trinajstić information content (AvgIpc) is 3.35. The van der Waals surface area contributed by atoms with Gasteiger partial charge in [-0.05, 0) is 81.6 Å². The van der Waals surface area contributed by atoms with Gasteiger partial charge in [0.25, 0.3) is 5.91 Å². The first-order valence-electron chi connectivity index (χ1n) is 19.0. The number of hydrogen-bond donors (Lipinski definition) is 4. The number of piperidine rings is 1. The van der Waals surface area contributed by atoms with Gasteiger partial charge in [-0.3, -0.25) is 39.2 Å². The molecule has 2 aromatic carbocycles. The van der Waals surface area contributed by atoms with E-state index in [1.165, 1.54) is 6.07 Å². The van der Waals surface area contributed by atoms with Crippen LogP contribution in [-0.4, -0.2) is 101 Å². The number of halogens is 3. The second-order valence-electron chi connectivity index (χ2n) is 15.0. The van der Waals surface area contributed by atoms with E-state index < -0.39 is 40.4 Å². The number of amides is 4. The molecule has 3 saturated heterocycles. The van der Waals surface area contributed by atoms with Gasteiger partial charge < -0.3 is 20.3 Å². The zero-order valence-electron chi connectivity index (χ0n) is 32.6. The smallest absolute Gasteiger partial charge is 0.419 e. The predicted octanol–water partition coefficient (Wildman–Crippen LogP) is 4.62. The number of nitriles is 1. The van der Waals surface area contributed by atoms with E-state index >= 15 is 0 Å². The van der Waals surface area contributed by atoms with Crippen LogP contribution in [0.4, 0.5) is 35.9 Å². The summed E-state index contributed by atoms with van der Waals surface area (Å²) < 4.78 is 47.5. The largest absolute Gasteiger partial charge is 0.492 e. The van der Waals surface area contributed by atoms with E-state index in [-0.39, 0.29) is 42.4 Å². The summed E-state index contributed by atoms with van der Waals surface area (Å²) in [5.74, 6) is -0.613. The first-order chi connectivity index (χ1) is 27.5. The first-order valence-corrected chi connectivity index (χ1v) is 19.5. The van der Waals surface area contributed by atoms with Crippen LogP contribution in [0.15, 0.2) is 54.7 Å². The number of pyridine rings is 1. The van der Waals surface area contributed by atoms with Gasteiger partial charge in [-0.2, -0.15) is 18.4 Å². The first kappa shape index (κ1) is 42.2. The van der Waals surface area contributed by atoms with Crippen molar-refractivity contribution in [2.24, 2.45) is 0 Å². The van der Waals surface area contributed by atoms with Gasteiger partial charge in [-0.1, -0.05) is 13.0 Å². The molecule has 0 unspecified atom stereocenters. The molecule has 0 spiro atoms. The van der Waals surface area contributed by atoms with Crippen molar-refractivity contribution in [3.63, 3.8) is 0 Å². The van der Waals surface area contributed by atoms with Crippen LogP contribution >= 0.6 is 12.6 Å². The third-order valence-electron chi connectivity index (χ3n) is 10.7. The summed E-state index contributed by atoms with van der Waals surface area (Å²) in [5, 5.41) is 17.6. The maximum atomic E-state index is 13.7. The number of piperazine rings is 1. The number of hydrogen-bond acceptors (Lipinski definition) is 12. The van der Waals surface area contributed by atoms with Gasteiger partial charge in [0.05, 0.1) is 24.0 Å². The number of carbonyl (C=O) groups is 4. The van der Waals surface area contributed by atoms with Gasteiger partial charge in [-0.15, -0.1) is 12.6 Å². The molecule has 3 aliphatic rings. The van der Waals surface area contributed by atoms with Crippen molar-refractivity contribution in [3.8, 4) is 11.8 Å². The van der Waals surface area contributed by atoms with E-state index in [9.17, 15) is 37.6 Å². The summed E-state index contributed by atoms with van der Waals surface area (Å²) in [5.41, 5.74) is -1.52. The van der Waals surface area contributed by atoms with Gasteiger partial charge in [0.15, 0.2) is 11.2 Å². The van der Waals surface area contributed by atoms with Crippen LogP contribution in [0, 0.1) is 11.3 Å². The number of rotatable bonds is 12. The number of anilines is 4. The zero-order valence-corrected chi connectivity index (χ0v) is 33.5. The van der Waals surface area contributed by atoms with Crippen LogP contribution in [0.5, 0.6) is 5.75 Å². The predicted molar refractivity (Wildman–Crippen MR) is 214 cm³/mol. The molecule has 58 heavy (non-hydrogen) atoms. The van der Waals surface area contributed by atoms with Crippen molar-refractivity contribution < 1.29 is 37.1 Å². The molecule has 3 atom stereocenters. The third kappa shape index (κ3) is 9.16. The van der Waals surface area contributed by atoms with E-state index in [4.69, 9.17) is 17.4 Å². The van der Waals surface area contributed by atoms with Crippen LogP contribution in [0.3, 0.4) is 0 Å². The number of nitrogens with one attached hydrogen (secondary N) is 3. The monoisotopic (exact) mass is 821 g/mol. The quantitative estimate of drug-likeness (QED) is 0.149. The molecule has 3 fully saturated rings. The molecule has 1 aromatic heterocycles. The minimum Gasteiger partial charge on any atom is -0.492 e. The highest BCUT2D eigenvalue weighted by Gasteiger charge is 2.52. The van der Waals surface area contributed by atoms with E-state index in [0.29, 0.717) is 55.3 Å². The Morgan fingerprint density at radius 1 is 1.10 bits per heavy atom. The Morgan fingerprint density at radius 2 is 1.86 bits per heavy atom. The molecule has 0 aliphatic carbocycles. The van der Waals surface area contributed by atoms with Gasteiger partial charge in [0.1, 0.15) is 30.0 Å². The highest BCUT2D eigenvalue weighted by Crippen LogP contribution is 2.43. The molecule has 6 rings (SSSR count). The van der Waals surface area contributed by atoms with Gasteiger partial charge in [-0.25, -0.2) is 4.98 Å². The number of aryl methyl sites for hydroxylation is 1. The Balaban J connectivity index is 1.01. The third-order valence-corrected chi connectivity index (χ3v) is 11.1. The topological polar surface area (TPSA) is 163 Å². The lowest BCUT2D eigenvalue weighted by Crippen LogP contribution is -2.54. The maximum Gasteiger partial charge on any atom is 0.419 e. The van der Waals surface area contributed by atoms with E-state index in [1.807, 2.05) is 19.1 Å². The number of nitrogens with zero attached hydrogens (tertiary/aromatic N) is 6. The second kappa shape index (κ2) is 17.2. The fourth-order valence-electron chi connectivity index (χ4n) is 7.53. The number of ether oxygens (including phenoxy) is 1. The molecular formula is C40H46F3N9O5S. The number of aromatic nitrogens is 1. The van der Waals surface area contributed by atoms with Crippen molar-refractivity contribution in [1.82, 2.24) is 20.1 Å². The van der Waals surface area contributed by atoms with Gasteiger partial charge in [0, 0.05) is 55.7 Å². The molecule has 0 saturated carbocycles. The van der Waals surface area contributed by atoms with Crippen molar-refractivity contribution in [2.45, 2.75) is 76.3 Å². The number of imide groups is 1. The second-order valence-corrected chi connectivity index (χ2v) is 15.5. The Labute approximate surface area is 340 Å². The molecule has 3 aliphatic heterocycles. The number of alkyl halides is 3. The zero-order chi connectivity index (χ0) is 41.9. The van der Waals surface area contributed by atoms with Crippen LogP contribution in [-0.2, 0) is 31.8 Å². The molecule has 0 radical (unpaired) electrons. The van der Waals surface area contributed by atoms with Crippen molar-refractivity contribution >= 4 is 59.0 Å². The SMILES string of the molecule is CCc1cc(N2[C@@H](S)N(c3cnc(C#N)c(C(F)(F)F)c3)C(=O)C2(C)C)ccc1OCCN1CCN(CC(=O)Nc2cccc(N[C@@H]3CCC(=O)NC3=O)c2)[C@H](C)C1. The number of carbonyl (C=O) groups excluding carboxylic acids is 4. The summed E-state index contributed by atoms with van der Waals surface area (Å²) in [4.78, 5) is 61.3. The summed E-state index contributed by atoms with van der Waals surface area (Å²) in [6.45, 7) is 10.8. The Hall–Kier alpha value is -5.38. The van der Waals surface area contributed by atoms with Crippen molar-refractivity contribution in [2.75, 3.05) is 59.8 Å². The van der Waals surface area contributed by atoms with Crippen LogP contribution in [0.2, 0.25) is 0 Å². The summed E-state index contributed by atoms with van der Waals surface area (Å²) in [7, 11) is 0. The fourth-order valence-corrected chi connectivity index (χ4v) is 8.19. The highest BCUT2D eigenvalue weighted by atomic mass is 32.1. The molecule has 0 bridgehead atoms. The molecule has 3 N–H and O–H groups in total. The van der Waals surface area contributed by atoms with Crippen molar-refractivity contribution in [3.05, 3.63) is 71.5 Å². The van der Waals surface area contributed by atoms with Crippen LogP contribution in [0.1, 0.15) is 57.4 Å². The van der Waals surface area contributed by atoms with Crippen LogP contribution in [0.25, 0.3) is 0 Å².